The minimum atomic E-state index is -0.0699. The zero-order chi connectivity index (χ0) is 12.9. The number of carbonyl (C=O) groups is 1. The summed E-state index contributed by atoms with van der Waals surface area (Å²) in [4.78, 5) is 13.4. The van der Waals surface area contributed by atoms with E-state index in [0.717, 1.165) is 45.7 Å². The molecule has 4 nitrogen and oxygen atoms in total. The summed E-state index contributed by atoms with van der Waals surface area (Å²) >= 11 is 0. The van der Waals surface area contributed by atoms with Gasteiger partial charge in [0.2, 0.25) is 0 Å². The van der Waals surface area contributed by atoms with Crippen molar-refractivity contribution in [2.45, 2.75) is 40.0 Å². The predicted octanol–water partition coefficient (Wildman–Crippen LogP) is 2.08. The van der Waals surface area contributed by atoms with E-state index >= 15 is 0 Å². The molecular weight excluding hydrogens is 218 g/mol. The maximum absolute atomic E-state index is 11.0. The van der Waals surface area contributed by atoms with Crippen LogP contribution in [0.25, 0.3) is 0 Å². The molecule has 0 aliphatic carbocycles. The molecule has 1 saturated heterocycles. The normalized spacial score (nSPS) is 15.9. The van der Waals surface area contributed by atoms with Crippen molar-refractivity contribution in [1.29, 1.82) is 0 Å². The Labute approximate surface area is 105 Å². The van der Waals surface area contributed by atoms with Gasteiger partial charge in [-0.1, -0.05) is 13.8 Å². The summed E-state index contributed by atoms with van der Waals surface area (Å²) in [6.07, 6.45) is 2.55. The smallest absolute Gasteiger partial charge is 0.305 e. The van der Waals surface area contributed by atoms with E-state index in [1.54, 1.807) is 0 Å². The molecule has 0 atom stereocenters. The lowest BCUT2D eigenvalue weighted by Crippen LogP contribution is -2.36. The van der Waals surface area contributed by atoms with Crippen LogP contribution in [0.15, 0.2) is 0 Å². The average Bonchev–Trinajstić information content (AvgIpc) is 2.39. The lowest BCUT2D eigenvalue weighted by molar-refractivity contribution is -0.143. The van der Waals surface area contributed by atoms with Crippen molar-refractivity contribution in [3.63, 3.8) is 0 Å². The van der Waals surface area contributed by atoms with Crippen molar-refractivity contribution >= 4 is 5.97 Å². The zero-order valence-corrected chi connectivity index (χ0v) is 11.5. The number of unbranched alkanes of at least 4 members (excludes halogenated alkanes) is 1. The second kappa shape index (κ2) is 11.9. The van der Waals surface area contributed by atoms with E-state index in [-0.39, 0.29) is 5.97 Å². The molecule has 0 spiro atoms. The van der Waals surface area contributed by atoms with Gasteiger partial charge in [0.15, 0.2) is 0 Å². The Balaban J connectivity index is 0.00000121. The maximum Gasteiger partial charge on any atom is 0.305 e. The first kappa shape index (κ1) is 16.4. The summed E-state index contributed by atoms with van der Waals surface area (Å²) in [7, 11) is 0. The van der Waals surface area contributed by atoms with Crippen molar-refractivity contribution < 1.29 is 14.3 Å². The van der Waals surface area contributed by atoms with Gasteiger partial charge in [0.05, 0.1) is 19.8 Å². The SMILES string of the molecule is CC.CCOC(=O)CCCCN1CCOCC1. The molecule has 0 bridgehead atoms. The number of esters is 1. The van der Waals surface area contributed by atoms with Gasteiger partial charge in [-0.2, -0.15) is 0 Å². The molecule has 0 aromatic heterocycles. The first-order chi connectivity index (χ1) is 8.33. The Morgan fingerprint density at radius 3 is 2.47 bits per heavy atom. The molecule has 0 aromatic rings. The van der Waals surface area contributed by atoms with Gasteiger partial charge in [-0.3, -0.25) is 9.69 Å². The third-order valence-electron chi connectivity index (χ3n) is 2.51. The van der Waals surface area contributed by atoms with Gasteiger partial charge in [0.25, 0.3) is 0 Å². The summed E-state index contributed by atoms with van der Waals surface area (Å²) in [5.74, 6) is -0.0699. The summed E-state index contributed by atoms with van der Waals surface area (Å²) in [6, 6.07) is 0. The van der Waals surface area contributed by atoms with Crippen molar-refractivity contribution in [2.24, 2.45) is 0 Å². The maximum atomic E-state index is 11.0. The number of carbonyl (C=O) groups excluding carboxylic acids is 1. The fraction of sp³-hybridized carbons (Fsp3) is 0.923. The van der Waals surface area contributed by atoms with Crippen LogP contribution >= 0.6 is 0 Å². The monoisotopic (exact) mass is 245 g/mol. The standard InChI is InChI=1S/C11H21NO3.C2H6/c1-2-15-11(13)5-3-4-6-12-7-9-14-10-8-12;1-2/h2-10H2,1H3;1-2H3. The first-order valence-corrected chi connectivity index (χ1v) is 6.78. The van der Waals surface area contributed by atoms with Gasteiger partial charge in [-0.15, -0.1) is 0 Å². The zero-order valence-electron chi connectivity index (χ0n) is 11.5. The van der Waals surface area contributed by atoms with Crippen LogP contribution < -0.4 is 0 Å². The highest BCUT2D eigenvalue weighted by Crippen LogP contribution is 2.02. The van der Waals surface area contributed by atoms with Crippen LogP contribution in [0.3, 0.4) is 0 Å². The minimum Gasteiger partial charge on any atom is -0.466 e. The molecule has 0 aromatic carbocycles. The van der Waals surface area contributed by atoms with Gasteiger partial charge in [0.1, 0.15) is 0 Å². The van der Waals surface area contributed by atoms with Crippen LogP contribution in [-0.2, 0) is 14.3 Å². The van der Waals surface area contributed by atoms with Crippen molar-refractivity contribution in [3.8, 4) is 0 Å². The van der Waals surface area contributed by atoms with Crippen LogP contribution in [0, 0.1) is 0 Å². The predicted molar refractivity (Wildman–Crippen MR) is 69.1 cm³/mol. The van der Waals surface area contributed by atoms with Crippen molar-refractivity contribution in [1.82, 2.24) is 4.90 Å². The Morgan fingerprint density at radius 1 is 1.24 bits per heavy atom. The molecule has 1 heterocycles. The lowest BCUT2D eigenvalue weighted by Gasteiger charge is -2.26. The largest absolute Gasteiger partial charge is 0.466 e. The second-order valence-corrected chi connectivity index (χ2v) is 3.72. The molecule has 0 N–H and O–H groups in total. The number of hydrogen-bond acceptors (Lipinski definition) is 4. The molecule has 1 fully saturated rings. The fourth-order valence-electron chi connectivity index (χ4n) is 1.66. The molecule has 1 aliphatic heterocycles. The first-order valence-electron chi connectivity index (χ1n) is 6.78. The van der Waals surface area contributed by atoms with Crippen LogP contribution in [-0.4, -0.2) is 50.3 Å². The van der Waals surface area contributed by atoms with Gasteiger partial charge in [0, 0.05) is 19.5 Å². The summed E-state index contributed by atoms with van der Waals surface area (Å²) in [6.45, 7) is 11.1. The fourth-order valence-corrected chi connectivity index (χ4v) is 1.66. The van der Waals surface area contributed by atoms with E-state index in [0.29, 0.717) is 13.0 Å². The molecular formula is C13H27NO3. The number of ether oxygens (including phenoxy) is 2. The van der Waals surface area contributed by atoms with Gasteiger partial charge >= 0.3 is 5.97 Å². The highest BCUT2D eigenvalue weighted by atomic mass is 16.5. The van der Waals surface area contributed by atoms with E-state index in [1.165, 1.54) is 0 Å². The van der Waals surface area contributed by atoms with Gasteiger partial charge < -0.3 is 9.47 Å². The average molecular weight is 245 g/mol. The van der Waals surface area contributed by atoms with E-state index in [2.05, 4.69) is 4.90 Å². The highest BCUT2D eigenvalue weighted by Gasteiger charge is 2.09. The van der Waals surface area contributed by atoms with Gasteiger partial charge in [-0.25, -0.2) is 0 Å². The molecule has 0 unspecified atom stereocenters. The van der Waals surface area contributed by atoms with E-state index in [1.807, 2.05) is 20.8 Å². The number of nitrogens with zero attached hydrogens (tertiary/aromatic N) is 1. The van der Waals surface area contributed by atoms with Crippen LogP contribution in [0.1, 0.15) is 40.0 Å². The lowest BCUT2D eigenvalue weighted by atomic mass is 10.2. The van der Waals surface area contributed by atoms with Crippen LogP contribution in [0.4, 0.5) is 0 Å². The molecule has 0 amide bonds. The van der Waals surface area contributed by atoms with Crippen molar-refractivity contribution in [2.75, 3.05) is 39.5 Å². The molecule has 0 saturated carbocycles. The Kier molecular flexibility index (Phi) is 11.4. The molecule has 1 aliphatic rings. The third kappa shape index (κ3) is 9.12. The summed E-state index contributed by atoms with van der Waals surface area (Å²) < 4.78 is 10.1. The molecule has 17 heavy (non-hydrogen) atoms. The third-order valence-corrected chi connectivity index (χ3v) is 2.51. The highest BCUT2D eigenvalue weighted by molar-refractivity contribution is 5.69. The molecule has 1 rings (SSSR count). The Bertz CT molecular complexity index is 180. The van der Waals surface area contributed by atoms with E-state index < -0.39 is 0 Å². The Morgan fingerprint density at radius 2 is 1.88 bits per heavy atom. The number of rotatable bonds is 6. The summed E-state index contributed by atoms with van der Waals surface area (Å²) in [5.41, 5.74) is 0. The minimum absolute atomic E-state index is 0.0699. The van der Waals surface area contributed by atoms with Crippen molar-refractivity contribution in [3.05, 3.63) is 0 Å². The Hall–Kier alpha value is -0.610. The second-order valence-electron chi connectivity index (χ2n) is 3.72. The quantitative estimate of drug-likeness (QED) is 0.530. The molecule has 0 radical (unpaired) electrons. The topological polar surface area (TPSA) is 38.8 Å². The van der Waals surface area contributed by atoms with Gasteiger partial charge in [-0.05, 0) is 26.3 Å². The molecule has 4 heteroatoms. The van der Waals surface area contributed by atoms with E-state index in [4.69, 9.17) is 9.47 Å². The summed E-state index contributed by atoms with van der Waals surface area (Å²) in [5, 5.41) is 0. The van der Waals surface area contributed by atoms with E-state index in [9.17, 15) is 4.79 Å². The number of hydrogen-bond donors (Lipinski definition) is 0. The number of morpholine rings is 1. The van der Waals surface area contributed by atoms with Crippen LogP contribution in [0.5, 0.6) is 0 Å². The van der Waals surface area contributed by atoms with Crippen LogP contribution in [0.2, 0.25) is 0 Å². The molecule has 102 valence electrons.